The number of nitrogens with zero attached hydrogens (tertiary/aromatic N) is 1. The van der Waals surface area contributed by atoms with E-state index in [9.17, 15) is 4.79 Å². The third kappa shape index (κ3) is 3.13. The van der Waals surface area contributed by atoms with Crippen LogP contribution in [0.15, 0.2) is 48.7 Å². The number of ether oxygens (including phenoxy) is 1. The third-order valence-corrected chi connectivity index (χ3v) is 5.17. The van der Waals surface area contributed by atoms with Crippen molar-refractivity contribution in [1.29, 1.82) is 0 Å². The van der Waals surface area contributed by atoms with E-state index in [0.717, 1.165) is 43.8 Å². The second-order valence-electron chi connectivity index (χ2n) is 6.82. The molecule has 1 aliphatic rings. The van der Waals surface area contributed by atoms with Crippen LogP contribution in [0.1, 0.15) is 40.0 Å². The molecule has 1 aliphatic carbocycles. The summed E-state index contributed by atoms with van der Waals surface area (Å²) in [5.41, 5.74) is 5.89. The number of fused-ring (bicyclic) bond motifs is 3. The zero-order valence-electron chi connectivity index (χ0n) is 15.1. The summed E-state index contributed by atoms with van der Waals surface area (Å²) in [6.45, 7) is 1.69. The van der Waals surface area contributed by atoms with E-state index in [0.29, 0.717) is 6.42 Å². The molecule has 3 aromatic rings. The number of Topliss-reactive ketones (excluding diaryl/α,β-unsaturated/α-hetero) is 1. The van der Waals surface area contributed by atoms with Gasteiger partial charge in [0.25, 0.3) is 0 Å². The Morgan fingerprint density at radius 1 is 1.15 bits per heavy atom. The monoisotopic (exact) mass is 348 g/mol. The predicted octanol–water partition coefficient (Wildman–Crippen LogP) is 3.80. The number of methoxy groups -OCH3 is 1. The highest BCUT2D eigenvalue weighted by molar-refractivity contribution is 5.99. The number of pyridine rings is 1. The van der Waals surface area contributed by atoms with E-state index in [1.165, 1.54) is 22.2 Å². The van der Waals surface area contributed by atoms with Gasteiger partial charge in [-0.3, -0.25) is 4.79 Å². The first kappa shape index (κ1) is 16.9. The maximum Gasteiger partial charge on any atom is 0.179 e. The molecular weight excluding hydrogens is 324 g/mol. The smallest absolute Gasteiger partial charge is 0.179 e. The van der Waals surface area contributed by atoms with Crippen molar-refractivity contribution in [1.82, 2.24) is 9.72 Å². The number of aromatic nitrogens is 1. The van der Waals surface area contributed by atoms with E-state index in [4.69, 9.17) is 4.74 Å². The van der Waals surface area contributed by atoms with Crippen molar-refractivity contribution in [3.63, 3.8) is 0 Å². The number of rotatable bonds is 6. The van der Waals surface area contributed by atoms with Gasteiger partial charge in [-0.2, -0.15) is 0 Å². The fourth-order valence-electron chi connectivity index (χ4n) is 3.95. The maximum atomic E-state index is 12.4. The van der Waals surface area contributed by atoms with Crippen molar-refractivity contribution in [2.24, 2.45) is 0 Å². The fraction of sp³-hybridized carbons (Fsp3) is 0.318. The number of carbonyl (C=O) groups excluding carboxylic acids is 1. The van der Waals surface area contributed by atoms with Crippen molar-refractivity contribution in [2.45, 2.75) is 32.2 Å². The molecule has 2 aromatic heterocycles. The van der Waals surface area contributed by atoms with Crippen LogP contribution in [-0.4, -0.2) is 23.8 Å². The van der Waals surface area contributed by atoms with Crippen LogP contribution in [0.2, 0.25) is 0 Å². The Labute approximate surface area is 153 Å². The van der Waals surface area contributed by atoms with Gasteiger partial charge < -0.3 is 14.5 Å². The summed E-state index contributed by atoms with van der Waals surface area (Å²) in [6.07, 6.45) is 5.59. The number of ketones is 1. The quantitative estimate of drug-likeness (QED) is 0.689. The second-order valence-corrected chi connectivity index (χ2v) is 6.82. The maximum absolute atomic E-state index is 12.4. The molecule has 0 saturated heterocycles. The van der Waals surface area contributed by atoms with Crippen LogP contribution in [0.5, 0.6) is 5.75 Å². The van der Waals surface area contributed by atoms with Crippen molar-refractivity contribution in [3.05, 3.63) is 71.0 Å². The molecule has 4 nitrogen and oxygen atoms in total. The summed E-state index contributed by atoms with van der Waals surface area (Å²) < 4.78 is 7.37. The Kier molecular flexibility index (Phi) is 4.76. The number of hydrogen-bond acceptors (Lipinski definition) is 3. The molecule has 134 valence electrons. The van der Waals surface area contributed by atoms with Gasteiger partial charge in [-0.25, -0.2) is 0 Å². The Balaban J connectivity index is 1.50. The minimum Gasteiger partial charge on any atom is -0.497 e. The number of carbonyl (C=O) groups is 1. The van der Waals surface area contributed by atoms with Crippen LogP contribution >= 0.6 is 0 Å². The fourth-order valence-corrected chi connectivity index (χ4v) is 3.95. The van der Waals surface area contributed by atoms with Crippen molar-refractivity contribution in [2.75, 3.05) is 13.7 Å². The zero-order valence-corrected chi connectivity index (χ0v) is 15.1. The van der Waals surface area contributed by atoms with Gasteiger partial charge in [0.1, 0.15) is 5.75 Å². The second kappa shape index (κ2) is 7.34. The topological polar surface area (TPSA) is 42.7 Å². The lowest BCUT2D eigenvalue weighted by Gasteiger charge is -2.13. The highest BCUT2D eigenvalue weighted by atomic mass is 16.5. The molecule has 1 aromatic carbocycles. The molecule has 0 radical (unpaired) electrons. The lowest BCUT2D eigenvalue weighted by atomic mass is 9.92. The van der Waals surface area contributed by atoms with Crippen LogP contribution in [0, 0.1) is 0 Å². The van der Waals surface area contributed by atoms with Crippen LogP contribution in [0.3, 0.4) is 0 Å². The van der Waals surface area contributed by atoms with Gasteiger partial charge in [0.2, 0.25) is 0 Å². The van der Waals surface area contributed by atoms with Gasteiger partial charge in [0.15, 0.2) is 5.78 Å². The lowest BCUT2D eigenvalue weighted by molar-refractivity contribution is 0.0966. The molecule has 1 N–H and O–H groups in total. The molecule has 0 fully saturated rings. The van der Waals surface area contributed by atoms with E-state index in [-0.39, 0.29) is 5.78 Å². The first-order chi connectivity index (χ1) is 12.8. The van der Waals surface area contributed by atoms with Gasteiger partial charge in [0.05, 0.1) is 12.8 Å². The Bertz CT molecular complexity index is 942. The lowest BCUT2D eigenvalue weighted by Crippen LogP contribution is -2.18. The molecular formula is C22H24N2O2. The van der Waals surface area contributed by atoms with Gasteiger partial charge >= 0.3 is 0 Å². The first-order valence-electron chi connectivity index (χ1n) is 9.25. The highest BCUT2D eigenvalue weighted by Gasteiger charge is 2.25. The average Bonchev–Trinajstić information content (AvgIpc) is 3.00. The van der Waals surface area contributed by atoms with Gasteiger partial charge in [-0.05, 0) is 66.8 Å². The van der Waals surface area contributed by atoms with E-state index >= 15 is 0 Å². The molecule has 0 amide bonds. The average molecular weight is 348 g/mol. The third-order valence-electron chi connectivity index (χ3n) is 5.17. The molecule has 2 heterocycles. The van der Waals surface area contributed by atoms with E-state index < -0.39 is 0 Å². The summed E-state index contributed by atoms with van der Waals surface area (Å²) in [6, 6.07) is 14.3. The minimum atomic E-state index is 0.281. The summed E-state index contributed by atoms with van der Waals surface area (Å²) in [4.78, 5) is 12.4. The molecule has 0 bridgehead atoms. The molecule has 0 unspecified atom stereocenters. The Morgan fingerprint density at radius 2 is 2.08 bits per heavy atom. The Hall–Kier alpha value is -2.59. The minimum absolute atomic E-state index is 0.281. The van der Waals surface area contributed by atoms with E-state index in [1.807, 2.05) is 24.4 Å². The largest absolute Gasteiger partial charge is 0.497 e. The van der Waals surface area contributed by atoms with Gasteiger partial charge in [-0.1, -0.05) is 18.2 Å². The number of hydrogen-bond donors (Lipinski definition) is 1. The molecule has 26 heavy (non-hydrogen) atoms. The van der Waals surface area contributed by atoms with Crippen LogP contribution < -0.4 is 10.1 Å². The first-order valence-corrected chi connectivity index (χ1v) is 9.25. The molecule has 4 heteroatoms. The molecule has 0 saturated carbocycles. The van der Waals surface area contributed by atoms with Crippen molar-refractivity contribution < 1.29 is 9.53 Å². The SMILES string of the molecule is COc1cccc(CNCCc2c3c(n4ccccc24)C(=O)CCC3)c1. The predicted molar refractivity (Wildman–Crippen MR) is 103 cm³/mol. The van der Waals surface area contributed by atoms with E-state index in [1.54, 1.807) is 7.11 Å². The van der Waals surface area contributed by atoms with E-state index in [2.05, 4.69) is 34.0 Å². The Morgan fingerprint density at radius 3 is 2.96 bits per heavy atom. The zero-order chi connectivity index (χ0) is 17.9. The van der Waals surface area contributed by atoms with Crippen LogP contribution in [0.25, 0.3) is 5.52 Å². The summed E-state index contributed by atoms with van der Waals surface area (Å²) >= 11 is 0. The highest BCUT2D eigenvalue weighted by Crippen LogP contribution is 2.30. The van der Waals surface area contributed by atoms with Crippen molar-refractivity contribution >= 4 is 11.3 Å². The van der Waals surface area contributed by atoms with Gasteiger partial charge in [-0.15, -0.1) is 0 Å². The normalized spacial score (nSPS) is 13.8. The number of benzene rings is 1. The molecule has 4 rings (SSSR count). The van der Waals surface area contributed by atoms with Crippen LogP contribution in [0.4, 0.5) is 0 Å². The summed E-state index contributed by atoms with van der Waals surface area (Å²) in [5.74, 6) is 1.17. The van der Waals surface area contributed by atoms with Gasteiger partial charge in [0, 0.05) is 24.7 Å². The molecule has 0 aliphatic heterocycles. The van der Waals surface area contributed by atoms with Crippen LogP contribution in [-0.2, 0) is 19.4 Å². The number of nitrogens with one attached hydrogen (secondary N) is 1. The standard InChI is InChI=1S/C22H24N2O2/c1-26-17-7-4-6-16(14-17)15-23-12-11-18-19-8-5-10-21(25)22(19)24-13-3-2-9-20(18)24/h2-4,6-7,9,13-14,23H,5,8,10-12,15H2,1H3. The molecule has 0 atom stereocenters. The van der Waals surface area contributed by atoms with Crippen molar-refractivity contribution in [3.8, 4) is 5.75 Å². The summed E-state index contributed by atoms with van der Waals surface area (Å²) in [7, 11) is 1.69. The molecule has 0 spiro atoms. The summed E-state index contributed by atoms with van der Waals surface area (Å²) in [5, 5.41) is 3.52.